The van der Waals surface area contributed by atoms with Crippen LogP contribution in [0.1, 0.15) is 25.0 Å². The Hall–Kier alpha value is -3.67. The number of rotatable bonds is 7. The molecule has 3 heterocycles. The van der Waals surface area contributed by atoms with Crippen LogP contribution in [0.4, 0.5) is 22.0 Å². The summed E-state index contributed by atoms with van der Waals surface area (Å²) in [6.45, 7) is 2.59. The lowest BCUT2D eigenvalue weighted by molar-refractivity contribution is -0.150. The quantitative estimate of drug-likeness (QED) is 0.234. The molecule has 3 aromatic heterocycles. The van der Waals surface area contributed by atoms with E-state index in [-0.39, 0.29) is 39.8 Å². The molecule has 0 unspecified atom stereocenters. The van der Waals surface area contributed by atoms with E-state index in [0.29, 0.717) is 10.9 Å². The SMILES string of the molecule is CC(C)[C@H](N)C(=O)OCn1c(-c2ccc(F)c(C(F)(F)F)c2F)cs/c1=N\C(=O)Cc1csc2c1c(=O)n(C)c(=O)n2C.Cl. The van der Waals surface area contributed by atoms with Gasteiger partial charge in [0.1, 0.15) is 28.1 Å². The first-order valence-electron chi connectivity index (χ1n) is 12.4. The number of carbonyl (C=O) groups is 2. The van der Waals surface area contributed by atoms with Gasteiger partial charge in [-0.2, -0.15) is 18.2 Å². The summed E-state index contributed by atoms with van der Waals surface area (Å²) in [4.78, 5) is 54.6. The van der Waals surface area contributed by atoms with E-state index in [4.69, 9.17) is 10.5 Å². The zero-order chi connectivity index (χ0) is 32.0. The number of halogens is 6. The van der Waals surface area contributed by atoms with Gasteiger partial charge in [-0.25, -0.2) is 13.6 Å². The molecule has 0 aliphatic rings. The Kier molecular flexibility index (Phi) is 10.4. The number of amides is 1. The van der Waals surface area contributed by atoms with Gasteiger partial charge in [-0.1, -0.05) is 13.8 Å². The van der Waals surface area contributed by atoms with Crippen LogP contribution in [0.3, 0.4) is 0 Å². The number of benzene rings is 1. The van der Waals surface area contributed by atoms with Gasteiger partial charge in [0.25, 0.3) is 11.5 Å². The second-order valence-electron chi connectivity index (χ2n) is 9.80. The molecule has 0 aliphatic carbocycles. The number of esters is 1. The molecule has 1 atom stereocenters. The van der Waals surface area contributed by atoms with Crippen molar-refractivity contribution < 1.29 is 36.3 Å². The average molecular weight is 682 g/mol. The number of fused-ring (bicyclic) bond motifs is 1. The van der Waals surface area contributed by atoms with Crippen LogP contribution >= 0.6 is 35.1 Å². The molecule has 2 N–H and O–H groups in total. The van der Waals surface area contributed by atoms with Gasteiger partial charge in [-0.3, -0.25) is 28.1 Å². The lowest BCUT2D eigenvalue weighted by Gasteiger charge is -2.17. The van der Waals surface area contributed by atoms with Crippen molar-refractivity contribution in [1.29, 1.82) is 0 Å². The maximum atomic E-state index is 15.1. The van der Waals surface area contributed by atoms with Crippen LogP contribution < -0.4 is 21.8 Å². The van der Waals surface area contributed by atoms with Crippen LogP contribution in [0, 0.1) is 17.6 Å². The molecular weight excluding hydrogens is 657 g/mol. The van der Waals surface area contributed by atoms with E-state index in [2.05, 4.69) is 4.99 Å². The molecule has 238 valence electrons. The molecule has 1 amide bonds. The van der Waals surface area contributed by atoms with E-state index in [1.54, 1.807) is 13.8 Å². The minimum absolute atomic E-state index is 0. The van der Waals surface area contributed by atoms with Crippen LogP contribution in [0.5, 0.6) is 0 Å². The zero-order valence-electron chi connectivity index (χ0n) is 23.4. The highest BCUT2D eigenvalue weighted by Gasteiger charge is 2.39. The topological polar surface area (TPSA) is 131 Å². The van der Waals surface area contributed by atoms with Gasteiger partial charge in [-0.15, -0.1) is 35.1 Å². The Morgan fingerprint density at radius 1 is 1.07 bits per heavy atom. The first kappa shape index (κ1) is 34.8. The lowest BCUT2D eigenvalue weighted by Crippen LogP contribution is -2.37. The minimum atomic E-state index is -5.35. The number of aryl methyl sites for hydroxylation is 1. The standard InChI is InChI=1S/C26H24F5N5O5S2.ClH/c1-11(2)20(32)23(39)41-10-36-15(13-5-6-14(27)18(19(13)28)26(29,30)31)9-43-24(36)33-16(37)7-12-8-42-22-17(12)21(38)34(3)25(40)35(22)4;/h5-6,8-9,11,20H,7,10,32H2,1-4H3;1H/b33-24-;/t20-;/m0./s1. The second kappa shape index (κ2) is 13.1. The number of alkyl halides is 3. The summed E-state index contributed by atoms with van der Waals surface area (Å²) in [5.41, 5.74) is 1.84. The molecule has 0 fully saturated rings. The van der Waals surface area contributed by atoms with Crippen molar-refractivity contribution in [2.24, 2.45) is 30.7 Å². The van der Waals surface area contributed by atoms with Crippen molar-refractivity contribution in [3.8, 4) is 11.3 Å². The van der Waals surface area contributed by atoms with E-state index < -0.39 is 71.3 Å². The van der Waals surface area contributed by atoms with Crippen molar-refractivity contribution in [1.82, 2.24) is 13.7 Å². The predicted molar refractivity (Wildman–Crippen MR) is 155 cm³/mol. The van der Waals surface area contributed by atoms with Crippen molar-refractivity contribution in [3.05, 3.63) is 71.3 Å². The third-order valence-corrected chi connectivity index (χ3v) is 8.55. The summed E-state index contributed by atoms with van der Waals surface area (Å²) in [6, 6.07) is 0.166. The van der Waals surface area contributed by atoms with E-state index in [1.807, 2.05) is 0 Å². The molecular formula is C26H25ClF5N5O5S2. The van der Waals surface area contributed by atoms with Crippen LogP contribution in [0.15, 0.2) is 37.5 Å². The number of carbonyl (C=O) groups excluding carboxylic acids is 2. The Morgan fingerprint density at radius 2 is 1.73 bits per heavy atom. The van der Waals surface area contributed by atoms with Gasteiger partial charge in [0, 0.05) is 25.0 Å². The lowest BCUT2D eigenvalue weighted by atomic mass is 10.1. The molecule has 1 aromatic carbocycles. The van der Waals surface area contributed by atoms with Gasteiger partial charge in [-0.05, 0) is 29.0 Å². The molecule has 4 rings (SSSR count). The first-order chi connectivity index (χ1) is 20.0. The van der Waals surface area contributed by atoms with Gasteiger partial charge in [0.15, 0.2) is 11.5 Å². The van der Waals surface area contributed by atoms with Crippen LogP contribution in [-0.4, -0.2) is 31.6 Å². The van der Waals surface area contributed by atoms with Crippen molar-refractivity contribution in [3.63, 3.8) is 0 Å². The third-order valence-electron chi connectivity index (χ3n) is 6.58. The number of thiazole rings is 1. The van der Waals surface area contributed by atoms with Gasteiger partial charge >= 0.3 is 17.8 Å². The van der Waals surface area contributed by atoms with Crippen molar-refractivity contribution in [2.75, 3.05) is 0 Å². The molecule has 4 aromatic rings. The summed E-state index contributed by atoms with van der Waals surface area (Å²) < 4.78 is 77.7. The highest BCUT2D eigenvalue weighted by Crippen LogP contribution is 2.37. The van der Waals surface area contributed by atoms with E-state index >= 15 is 4.39 Å². The number of hydrogen-bond donors (Lipinski definition) is 1. The van der Waals surface area contributed by atoms with Crippen molar-refractivity contribution >= 4 is 57.2 Å². The molecule has 0 radical (unpaired) electrons. The number of ether oxygens (including phenoxy) is 1. The Balaban J connectivity index is 0.00000529. The number of aromatic nitrogens is 3. The fourth-order valence-electron chi connectivity index (χ4n) is 4.13. The summed E-state index contributed by atoms with van der Waals surface area (Å²) >= 11 is 1.79. The normalized spacial score (nSPS) is 12.9. The molecule has 18 heteroatoms. The highest BCUT2D eigenvalue weighted by atomic mass is 35.5. The molecule has 0 spiro atoms. The number of nitrogens with two attached hydrogens (primary N) is 1. The fourth-order valence-corrected chi connectivity index (χ4v) is 6.06. The third kappa shape index (κ3) is 6.55. The number of thiophene rings is 1. The van der Waals surface area contributed by atoms with Crippen LogP contribution in [0.2, 0.25) is 0 Å². The van der Waals surface area contributed by atoms with E-state index in [1.165, 1.54) is 29.4 Å². The number of hydrogen-bond acceptors (Lipinski definition) is 8. The summed E-state index contributed by atoms with van der Waals surface area (Å²) in [6.07, 6.45) is -5.75. The maximum absolute atomic E-state index is 15.1. The van der Waals surface area contributed by atoms with Crippen molar-refractivity contribution in [2.45, 2.75) is 39.2 Å². The Labute approximate surface area is 259 Å². The van der Waals surface area contributed by atoms with Crippen LogP contribution in [0.25, 0.3) is 21.5 Å². The molecule has 0 saturated heterocycles. The minimum Gasteiger partial charge on any atom is -0.443 e. The van der Waals surface area contributed by atoms with Gasteiger partial charge < -0.3 is 10.5 Å². The molecule has 0 aliphatic heterocycles. The smallest absolute Gasteiger partial charge is 0.422 e. The maximum Gasteiger partial charge on any atom is 0.422 e. The first-order valence-corrected chi connectivity index (χ1v) is 14.2. The largest absolute Gasteiger partial charge is 0.443 e. The summed E-state index contributed by atoms with van der Waals surface area (Å²) in [5, 5.41) is 2.83. The fraction of sp³-hybridized carbons (Fsp3) is 0.346. The van der Waals surface area contributed by atoms with Gasteiger partial charge in [0.2, 0.25) is 0 Å². The molecule has 0 saturated carbocycles. The average Bonchev–Trinajstić information content (AvgIpc) is 3.52. The van der Waals surface area contributed by atoms with Crippen LogP contribution in [-0.2, 0) is 47.7 Å². The Morgan fingerprint density at radius 3 is 2.34 bits per heavy atom. The highest BCUT2D eigenvalue weighted by molar-refractivity contribution is 7.17. The van der Waals surface area contributed by atoms with E-state index in [0.717, 1.165) is 37.9 Å². The molecule has 44 heavy (non-hydrogen) atoms. The number of nitrogens with zero attached hydrogens (tertiary/aromatic N) is 4. The zero-order valence-corrected chi connectivity index (χ0v) is 25.8. The Bertz CT molecular complexity index is 1940. The predicted octanol–water partition coefficient (Wildman–Crippen LogP) is 3.70. The summed E-state index contributed by atoms with van der Waals surface area (Å²) in [5.74, 6) is -5.75. The van der Waals surface area contributed by atoms with Gasteiger partial charge in [0.05, 0.1) is 17.5 Å². The molecule has 0 bridgehead atoms. The summed E-state index contributed by atoms with van der Waals surface area (Å²) in [7, 11) is 2.76. The van der Waals surface area contributed by atoms with E-state index in [9.17, 15) is 36.7 Å². The molecule has 10 nitrogen and oxygen atoms in total. The second-order valence-corrected chi connectivity index (χ2v) is 11.5. The monoisotopic (exact) mass is 681 g/mol.